The maximum absolute atomic E-state index is 12.7. The van der Waals surface area contributed by atoms with Crippen molar-refractivity contribution in [3.63, 3.8) is 0 Å². The van der Waals surface area contributed by atoms with Gasteiger partial charge in [-0.3, -0.25) is 0 Å². The van der Waals surface area contributed by atoms with Crippen LogP contribution in [0.4, 0.5) is 4.39 Å². The average Bonchev–Trinajstić information content (AvgIpc) is 3.21. The van der Waals surface area contributed by atoms with E-state index < -0.39 is 0 Å². The van der Waals surface area contributed by atoms with Crippen molar-refractivity contribution >= 4 is 0 Å². The number of nitrogens with zero attached hydrogens (tertiary/aromatic N) is 1. The Morgan fingerprint density at radius 2 is 1.95 bits per heavy atom. The van der Waals surface area contributed by atoms with Gasteiger partial charge in [-0.15, -0.1) is 0 Å². The Morgan fingerprint density at radius 1 is 1.21 bits per heavy atom. The number of halogens is 1. The maximum Gasteiger partial charge on any atom is 0.123 e. The molecule has 0 bridgehead atoms. The molecule has 0 radical (unpaired) electrons. The van der Waals surface area contributed by atoms with Gasteiger partial charge in [0.1, 0.15) is 11.6 Å². The van der Waals surface area contributed by atoms with Crippen LogP contribution in [-0.2, 0) is 0 Å². The van der Waals surface area contributed by atoms with Gasteiger partial charge in [-0.25, -0.2) is 4.39 Å². The van der Waals surface area contributed by atoms with Gasteiger partial charge in [0.15, 0.2) is 0 Å². The maximum atomic E-state index is 12.7. The van der Waals surface area contributed by atoms with Crippen LogP contribution < -0.4 is 4.74 Å². The third kappa shape index (κ3) is 5.60. The number of rotatable bonds is 9. The third-order valence-corrected chi connectivity index (χ3v) is 3.45. The molecule has 0 atom stereocenters. The number of hydrogen-bond donors (Lipinski definition) is 0. The minimum atomic E-state index is -0.217. The topological polar surface area (TPSA) is 12.5 Å². The molecule has 0 N–H and O–H groups in total. The normalized spacial score (nSPS) is 14.9. The largest absolute Gasteiger partial charge is 0.494 e. The van der Waals surface area contributed by atoms with E-state index in [-0.39, 0.29) is 5.82 Å². The van der Waals surface area contributed by atoms with Gasteiger partial charge in [-0.1, -0.05) is 6.92 Å². The molecule has 1 aromatic rings. The molecule has 3 heteroatoms. The van der Waals surface area contributed by atoms with E-state index in [4.69, 9.17) is 4.74 Å². The molecule has 0 amide bonds. The van der Waals surface area contributed by atoms with Gasteiger partial charge in [0.05, 0.1) is 6.61 Å². The number of ether oxygens (including phenoxy) is 1. The van der Waals surface area contributed by atoms with Crippen LogP contribution in [0.25, 0.3) is 0 Å². The zero-order valence-electron chi connectivity index (χ0n) is 11.8. The fourth-order valence-electron chi connectivity index (χ4n) is 2.29. The standard InChI is InChI=1S/C16H24FNO/c1-2-10-18(13-14-4-5-14)11-3-12-19-16-8-6-15(17)7-9-16/h6-9,14H,2-5,10-13H2,1H3. The minimum Gasteiger partial charge on any atom is -0.494 e. The Balaban J connectivity index is 1.62. The molecule has 0 spiro atoms. The van der Waals surface area contributed by atoms with Crippen LogP contribution in [0.3, 0.4) is 0 Å². The highest BCUT2D eigenvalue weighted by molar-refractivity contribution is 5.21. The van der Waals surface area contributed by atoms with Crippen LogP contribution in [0.1, 0.15) is 32.6 Å². The minimum absolute atomic E-state index is 0.217. The van der Waals surface area contributed by atoms with E-state index in [1.165, 1.54) is 44.5 Å². The molecule has 106 valence electrons. The van der Waals surface area contributed by atoms with Crippen molar-refractivity contribution in [2.24, 2.45) is 5.92 Å². The lowest BCUT2D eigenvalue weighted by Crippen LogP contribution is -2.29. The number of hydrogen-bond acceptors (Lipinski definition) is 2. The van der Waals surface area contributed by atoms with E-state index in [2.05, 4.69) is 11.8 Å². The van der Waals surface area contributed by atoms with Crippen molar-refractivity contribution in [2.45, 2.75) is 32.6 Å². The average molecular weight is 265 g/mol. The van der Waals surface area contributed by atoms with E-state index in [0.717, 1.165) is 24.6 Å². The SMILES string of the molecule is CCCN(CCCOc1ccc(F)cc1)CC1CC1. The lowest BCUT2D eigenvalue weighted by molar-refractivity contribution is 0.227. The summed E-state index contributed by atoms with van der Waals surface area (Å²) < 4.78 is 18.3. The summed E-state index contributed by atoms with van der Waals surface area (Å²) in [5, 5.41) is 0. The first kappa shape index (κ1) is 14.3. The van der Waals surface area contributed by atoms with Crippen LogP contribution >= 0.6 is 0 Å². The second-order valence-electron chi connectivity index (χ2n) is 5.40. The quantitative estimate of drug-likeness (QED) is 0.631. The smallest absolute Gasteiger partial charge is 0.123 e. The van der Waals surface area contributed by atoms with E-state index in [1.807, 2.05) is 0 Å². The molecule has 1 fully saturated rings. The molecule has 0 saturated heterocycles. The molecule has 1 aliphatic rings. The lowest BCUT2D eigenvalue weighted by Gasteiger charge is -2.21. The first-order valence-corrected chi connectivity index (χ1v) is 7.38. The Labute approximate surface area is 115 Å². The molecule has 19 heavy (non-hydrogen) atoms. The van der Waals surface area contributed by atoms with Gasteiger partial charge < -0.3 is 9.64 Å². The molecule has 1 aliphatic carbocycles. The zero-order chi connectivity index (χ0) is 13.5. The molecule has 1 saturated carbocycles. The Hall–Kier alpha value is -1.09. The van der Waals surface area contributed by atoms with Crippen molar-refractivity contribution in [3.05, 3.63) is 30.1 Å². The van der Waals surface area contributed by atoms with Gasteiger partial charge in [-0.2, -0.15) is 0 Å². The van der Waals surface area contributed by atoms with Crippen LogP contribution in [0.15, 0.2) is 24.3 Å². The first-order chi connectivity index (χ1) is 9.28. The Kier molecular flexibility index (Phi) is 5.64. The van der Waals surface area contributed by atoms with Crippen LogP contribution in [0, 0.1) is 11.7 Å². The first-order valence-electron chi connectivity index (χ1n) is 7.38. The summed E-state index contributed by atoms with van der Waals surface area (Å²) >= 11 is 0. The molecule has 2 nitrogen and oxygen atoms in total. The van der Waals surface area contributed by atoms with Gasteiger partial charge in [0.2, 0.25) is 0 Å². The highest BCUT2D eigenvalue weighted by atomic mass is 19.1. The van der Waals surface area contributed by atoms with Crippen molar-refractivity contribution in [2.75, 3.05) is 26.2 Å². The van der Waals surface area contributed by atoms with Gasteiger partial charge in [0, 0.05) is 13.1 Å². The summed E-state index contributed by atoms with van der Waals surface area (Å²) in [7, 11) is 0. The summed E-state index contributed by atoms with van der Waals surface area (Å²) in [6.07, 6.45) is 5.06. The second-order valence-corrected chi connectivity index (χ2v) is 5.40. The third-order valence-electron chi connectivity index (χ3n) is 3.45. The van der Waals surface area contributed by atoms with Gasteiger partial charge >= 0.3 is 0 Å². The van der Waals surface area contributed by atoms with Crippen LogP contribution in [0.5, 0.6) is 5.75 Å². The molecular weight excluding hydrogens is 241 g/mol. The highest BCUT2D eigenvalue weighted by Crippen LogP contribution is 2.29. The molecular formula is C16H24FNO. The molecule has 0 unspecified atom stereocenters. The van der Waals surface area contributed by atoms with Crippen LogP contribution in [0.2, 0.25) is 0 Å². The molecule has 0 aromatic heterocycles. The Morgan fingerprint density at radius 3 is 2.58 bits per heavy atom. The van der Waals surface area contributed by atoms with Gasteiger partial charge in [-0.05, 0) is 62.4 Å². The fraction of sp³-hybridized carbons (Fsp3) is 0.625. The lowest BCUT2D eigenvalue weighted by atomic mass is 10.3. The molecule has 2 rings (SSSR count). The highest BCUT2D eigenvalue weighted by Gasteiger charge is 2.23. The van der Waals surface area contributed by atoms with Gasteiger partial charge in [0.25, 0.3) is 0 Å². The van der Waals surface area contributed by atoms with E-state index >= 15 is 0 Å². The molecule has 0 aliphatic heterocycles. The Bertz CT molecular complexity index is 362. The summed E-state index contributed by atoms with van der Waals surface area (Å²) in [4.78, 5) is 2.55. The molecule has 1 aromatic carbocycles. The summed E-state index contributed by atoms with van der Waals surface area (Å²) in [6.45, 7) is 6.48. The van der Waals surface area contributed by atoms with E-state index in [9.17, 15) is 4.39 Å². The predicted molar refractivity (Wildman–Crippen MR) is 76.0 cm³/mol. The van der Waals surface area contributed by atoms with Crippen molar-refractivity contribution in [1.82, 2.24) is 4.90 Å². The van der Waals surface area contributed by atoms with Crippen molar-refractivity contribution in [3.8, 4) is 5.75 Å². The van der Waals surface area contributed by atoms with Crippen molar-refractivity contribution in [1.29, 1.82) is 0 Å². The summed E-state index contributed by atoms with van der Waals surface area (Å²) in [5.41, 5.74) is 0. The fourth-order valence-corrected chi connectivity index (χ4v) is 2.29. The van der Waals surface area contributed by atoms with E-state index in [1.54, 1.807) is 12.1 Å². The molecule has 0 heterocycles. The monoisotopic (exact) mass is 265 g/mol. The summed E-state index contributed by atoms with van der Waals surface area (Å²) in [5.74, 6) is 1.49. The predicted octanol–water partition coefficient (Wildman–Crippen LogP) is 3.72. The zero-order valence-corrected chi connectivity index (χ0v) is 11.8. The van der Waals surface area contributed by atoms with Crippen molar-refractivity contribution < 1.29 is 9.13 Å². The second kappa shape index (κ2) is 7.49. The van der Waals surface area contributed by atoms with E-state index in [0.29, 0.717) is 6.61 Å². The summed E-state index contributed by atoms with van der Waals surface area (Å²) in [6, 6.07) is 6.24. The number of benzene rings is 1. The van der Waals surface area contributed by atoms with Crippen LogP contribution in [-0.4, -0.2) is 31.1 Å².